The van der Waals surface area contributed by atoms with E-state index in [4.69, 9.17) is 28.9 Å². The first-order chi connectivity index (χ1) is 7.66. The summed E-state index contributed by atoms with van der Waals surface area (Å²) in [6.07, 6.45) is 4.89. The molecule has 0 spiro atoms. The Morgan fingerprint density at radius 3 is 2.56 bits per heavy atom. The van der Waals surface area contributed by atoms with Gasteiger partial charge in [-0.2, -0.15) is 0 Å². The van der Waals surface area contributed by atoms with Gasteiger partial charge < -0.3 is 5.73 Å². The fourth-order valence-corrected chi connectivity index (χ4v) is 2.29. The molecule has 0 unspecified atom stereocenters. The Labute approximate surface area is 107 Å². The number of hydrogen-bond donors (Lipinski definition) is 1. The smallest absolute Gasteiger partial charge is 0.119 e. The standard InChI is InChI=1S/C10H7Cl2N3S/c11-6-3-8(13)9(4-7(6)12)16-10-5-14-1-2-15-10/h1-5H,13H2. The van der Waals surface area contributed by atoms with Crippen molar-refractivity contribution in [1.29, 1.82) is 0 Å². The summed E-state index contributed by atoms with van der Waals surface area (Å²) in [5.41, 5.74) is 6.40. The molecular formula is C10H7Cl2N3S. The summed E-state index contributed by atoms with van der Waals surface area (Å²) in [4.78, 5) is 8.92. The molecule has 2 aromatic rings. The number of rotatable bonds is 2. The van der Waals surface area contributed by atoms with Crippen LogP contribution in [0.4, 0.5) is 5.69 Å². The monoisotopic (exact) mass is 271 g/mol. The Kier molecular flexibility index (Phi) is 3.53. The van der Waals surface area contributed by atoms with Crippen molar-refractivity contribution in [1.82, 2.24) is 9.97 Å². The zero-order valence-corrected chi connectivity index (χ0v) is 10.4. The fourth-order valence-electron chi connectivity index (χ4n) is 1.08. The first-order valence-corrected chi connectivity index (χ1v) is 5.92. The van der Waals surface area contributed by atoms with E-state index in [1.807, 2.05) is 0 Å². The minimum Gasteiger partial charge on any atom is -0.398 e. The number of nitrogens with two attached hydrogens (primary N) is 1. The van der Waals surface area contributed by atoms with Crippen LogP contribution >= 0.6 is 35.0 Å². The molecule has 0 radical (unpaired) electrons. The van der Waals surface area contributed by atoms with E-state index in [1.165, 1.54) is 11.8 Å². The highest BCUT2D eigenvalue weighted by Gasteiger charge is 2.07. The van der Waals surface area contributed by atoms with E-state index in [9.17, 15) is 0 Å². The third-order valence-corrected chi connectivity index (χ3v) is 3.52. The Balaban J connectivity index is 2.32. The first-order valence-electron chi connectivity index (χ1n) is 4.35. The molecule has 0 aliphatic heterocycles. The number of benzene rings is 1. The summed E-state index contributed by atoms with van der Waals surface area (Å²) in [5, 5.41) is 1.68. The lowest BCUT2D eigenvalue weighted by Crippen LogP contribution is -1.90. The molecule has 6 heteroatoms. The van der Waals surface area contributed by atoms with E-state index in [0.717, 1.165) is 9.92 Å². The lowest BCUT2D eigenvalue weighted by Gasteiger charge is -2.06. The minimum atomic E-state index is 0.447. The number of halogens is 2. The van der Waals surface area contributed by atoms with Crippen molar-refractivity contribution in [2.75, 3.05) is 5.73 Å². The van der Waals surface area contributed by atoms with Gasteiger partial charge in [0.2, 0.25) is 0 Å². The van der Waals surface area contributed by atoms with Gasteiger partial charge in [-0.25, -0.2) is 4.98 Å². The van der Waals surface area contributed by atoms with E-state index in [0.29, 0.717) is 15.7 Å². The van der Waals surface area contributed by atoms with Gasteiger partial charge in [0.05, 0.1) is 16.2 Å². The molecule has 0 atom stereocenters. The average Bonchev–Trinajstić information content (AvgIpc) is 2.27. The summed E-state index contributed by atoms with van der Waals surface area (Å²) in [6, 6.07) is 3.35. The lowest BCUT2D eigenvalue weighted by atomic mass is 10.3. The zero-order valence-electron chi connectivity index (χ0n) is 8.02. The van der Waals surface area contributed by atoms with Gasteiger partial charge in [0.15, 0.2) is 0 Å². The number of anilines is 1. The van der Waals surface area contributed by atoms with Crippen LogP contribution in [0.5, 0.6) is 0 Å². The molecule has 0 bridgehead atoms. The van der Waals surface area contributed by atoms with Crippen LogP contribution in [0.2, 0.25) is 10.0 Å². The molecule has 0 fully saturated rings. The van der Waals surface area contributed by atoms with Gasteiger partial charge >= 0.3 is 0 Å². The van der Waals surface area contributed by atoms with E-state index in [-0.39, 0.29) is 0 Å². The van der Waals surface area contributed by atoms with Crippen molar-refractivity contribution in [3.05, 3.63) is 40.8 Å². The highest BCUT2D eigenvalue weighted by molar-refractivity contribution is 7.99. The molecule has 0 aliphatic rings. The molecule has 2 rings (SSSR count). The van der Waals surface area contributed by atoms with Crippen molar-refractivity contribution >= 4 is 40.7 Å². The van der Waals surface area contributed by atoms with Crippen molar-refractivity contribution in [3.8, 4) is 0 Å². The van der Waals surface area contributed by atoms with Crippen molar-refractivity contribution in [3.63, 3.8) is 0 Å². The normalized spacial score (nSPS) is 10.4. The molecule has 0 saturated heterocycles. The number of hydrogen-bond acceptors (Lipinski definition) is 4. The topological polar surface area (TPSA) is 51.8 Å². The molecule has 1 heterocycles. The summed E-state index contributed by atoms with van der Waals surface area (Å²) >= 11 is 13.2. The maximum absolute atomic E-state index is 5.92. The maximum Gasteiger partial charge on any atom is 0.119 e. The first kappa shape index (κ1) is 11.5. The van der Waals surface area contributed by atoms with Gasteiger partial charge in [-0.1, -0.05) is 35.0 Å². The van der Waals surface area contributed by atoms with Crippen LogP contribution in [0.15, 0.2) is 40.6 Å². The van der Waals surface area contributed by atoms with Crippen LogP contribution in [0, 0.1) is 0 Å². The SMILES string of the molecule is Nc1cc(Cl)c(Cl)cc1Sc1cnccn1. The van der Waals surface area contributed by atoms with Gasteiger partial charge in [-0.3, -0.25) is 4.98 Å². The molecule has 16 heavy (non-hydrogen) atoms. The molecule has 0 saturated carbocycles. The van der Waals surface area contributed by atoms with E-state index in [1.54, 1.807) is 30.7 Å². The van der Waals surface area contributed by atoms with Gasteiger partial charge in [0.1, 0.15) is 5.03 Å². The van der Waals surface area contributed by atoms with Crippen molar-refractivity contribution in [2.45, 2.75) is 9.92 Å². The Morgan fingerprint density at radius 2 is 1.88 bits per heavy atom. The molecule has 2 N–H and O–H groups in total. The second-order valence-corrected chi connectivity index (χ2v) is 4.83. The maximum atomic E-state index is 5.92. The summed E-state index contributed by atoms with van der Waals surface area (Å²) in [6.45, 7) is 0. The summed E-state index contributed by atoms with van der Waals surface area (Å²) in [7, 11) is 0. The van der Waals surface area contributed by atoms with Crippen LogP contribution in [-0.4, -0.2) is 9.97 Å². The number of aromatic nitrogens is 2. The molecule has 1 aromatic carbocycles. The molecule has 82 valence electrons. The second-order valence-electron chi connectivity index (χ2n) is 2.95. The van der Waals surface area contributed by atoms with Crippen LogP contribution in [-0.2, 0) is 0 Å². The largest absolute Gasteiger partial charge is 0.398 e. The predicted octanol–water partition coefficient (Wildman–Crippen LogP) is 3.52. The molecular weight excluding hydrogens is 265 g/mol. The van der Waals surface area contributed by atoms with Gasteiger partial charge in [-0.05, 0) is 12.1 Å². The predicted molar refractivity (Wildman–Crippen MR) is 67.0 cm³/mol. The van der Waals surface area contributed by atoms with E-state index >= 15 is 0 Å². The summed E-state index contributed by atoms with van der Waals surface area (Å²) in [5.74, 6) is 0. The van der Waals surface area contributed by atoms with Gasteiger partial charge in [0, 0.05) is 23.0 Å². The minimum absolute atomic E-state index is 0.447. The Bertz CT molecular complexity index is 505. The van der Waals surface area contributed by atoms with Crippen molar-refractivity contribution in [2.24, 2.45) is 0 Å². The van der Waals surface area contributed by atoms with Gasteiger partial charge in [0.25, 0.3) is 0 Å². The van der Waals surface area contributed by atoms with Crippen LogP contribution in [0.3, 0.4) is 0 Å². The Morgan fingerprint density at radius 1 is 1.12 bits per heavy atom. The molecule has 0 aliphatic carbocycles. The van der Waals surface area contributed by atoms with E-state index < -0.39 is 0 Å². The lowest BCUT2D eigenvalue weighted by molar-refractivity contribution is 1.05. The number of nitrogen functional groups attached to an aromatic ring is 1. The third kappa shape index (κ3) is 2.58. The average molecular weight is 272 g/mol. The number of nitrogens with zero attached hydrogens (tertiary/aromatic N) is 2. The van der Waals surface area contributed by atoms with Crippen LogP contribution < -0.4 is 5.73 Å². The highest BCUT2D eigenvalue weighted by atomic mass is 35.5. The second kappa shape index (κ2) is 4.91. The molecule has 3 nitrogen and oxygen atoms in total. The quantitative estimate of drug-likeness (QED) is 0.850. The third-order valence-electron chi connectivity index (χ3n) is 1.81. The van der Waals surface area contributed by atoms with E-state index in [2.05, 4.69) is 9.97 Å². The summed E-state index contributed by atoms with van der Waals surface area (Å²) < 4.78 is 0. The highest BCUT2D eigenvalue weighted by Crippen LogP contribution is 2.36. The molecule has 0 amide bonds. The fraction of sp³-hybridized carbons (Fsp3) is 0. The van der Waals surface area contributed by atoms with Crippen LogP contribution in [0.1, 0.15) is 0 Å². The zero-order chi connectivity index (χ0) is 11.5. The Hall–Kier alpha value is -0.970. The van der Waals surface area contributed by atoms with Crippen molar-refractivity contribution < 1.29 is 0 Å². The van der Waals surface area contributed by atoms with Gasteiger partial charge in [-0.15, -0.1) is 0 Å². The van der Waals surface area contributed by atoms with Crippen LogP contribution in [0.25, 0.3) is 0 Å². The molecule has 1 aromatic heterocycles.